The van der Waals surface area contributed by atoms with Crippen molar-refractivity contribution in [3.8, 4) is 0 Å². The minimum Gasteiger partial charge on any atom is -0.375 e. The van der Waals surface area contributed by atoms with E-state index in [0.717, 1.165) is 10.2 Å². The Bertz CT molecular complexity index is 779. The molecule has 0 spiro atoms. The van der Waals surface area contributed by atoms with Crippen molar-refractivity contribution < 1.29 is 4.79 Å². The van der Waals surface area contributed by atoms with E-state index in [1.165, 1.54) is 16.2 Å². The van der Waals surface area contributed by atoms with Crippen molar-refractivity contribution in [1.29, 1.82) is 0 Å². The Morgan fingerprint density at radius 2 is 2.19 bits per heavy atom. The second-order valence-corrected chi connectivity index (χ2v) is 6.88. The zero-order valence-electron chi connectivity index (χ0n) is 11.7. The monoisotopic (exact) mass is 317 g/mol. The number of rotatable bonds is 3. The Morgan fingerprint density at radius 1 is 1.38 bits per heavy atom. The third-order valence-electron chi connectivity index (χ3n) is 3.51. The number of fused-ring (bicyclic) bond motifs is 1. The number of aromatic nitrogens is 1. The third-order valence-corrected chi connectivity index (χ3v) is 5.42. The molecule has 1 atom stereocenters. The average molecular weight is 317 g/mol. The van der Waals surface area contributed by atoms with Crippen LogP contribution in [0, 0.1) is 0 Å². The third kappa shape index (κ3) is 2.64. The lowest BCUT2D eigenvalue weighted by Crippen LogP contribution is -2.29. The van der Waals surface area contributed by atoms with Gasteiger partial charge in [0.15, 0.2) is 5.13 Å². The normalized spacial score (nSPS) is 12.5. The summed E-state index contributed by atoms with van der Waals surface area (Å²) < 4.78 is 0.998. The lowest BCUT2D eigenvalue weighted by atomic mass is 10.1. The molecule has 1 amide bonds. The van der Waals surface area contributed by atoms with Crippen LogP contribution in [0.25, 0.3) is 10.2 Å². The number of benzene rings is 1. The van der Waals surface area contributed by atoms with Crippen LogP contribution in [-0.2, 0) is 0 Å². The molecule has 3 rings (SSSR count). The number of hydrogen-bond donors (Lipinski definition) is 1. The summed E-state index contributed by atoms with van der Waals surface area (Å²) in [5.74, 6) is -0.00984. The van der Waals surface area contributed by atoms with Gasteiger partial charge in [0, 0.05) is 17.5 Å². The summed E-state index contributed by atoms with van der Waals surface area (Å²) in [4.78, 5) is 19.8. The van der Waals surface area contributed by atoms with Crippen LogP contribution in [0.3, 0.4) is 0 Å². The average Bonchev–Trinajstić information content (AvgIpc) is 3.12. The van der Waals surface area contributed by atoms with Gasteiger partial charge in [0.25, 0.3) is 5.91 Å². The minimum absolute atomic E-state index is 0.00984. The molecule has 21 heavy (non-hydrogen) atoms. The van der Waals surface area contributed by atoms with Crippen LogP contribution < -0.4 is 5.73 Å². The Hall–Kier alpha value is -1.92. The first-order valence-electron chi connectivity index (χ1n) is 6.53. The number of nitrogens with zero attached hydrogens (tertiary/aromatic N) is 2. The molecule has 2 heterocycles. The molecule has 2 N–H and O–H groups in total. The fourth-order valence-corrected chi connectivity index (χ4v) is 3.72. The van der Waals surface area contributed by atoms with Crippen LogP contribution in [0.15, 0.2) is 35.7 Å². The molecule has 0 saturated heterocycles. The van der Waals surface area contributed by atoms with Gasteiger partial charge >= 0.3 is 0 Å². The summed E-state index contributed by atoms with van der Waals surface area (Å²) in [6.45, 7) is 2.03. The SMILES string of the molecule is CC(c1cccs1)N(C)C(=O)c1ccc2sc(N)nc2c1. The minimum atomic E-state index is -0.00984. The number of thiophene rings is 1. The highest BCUT2D eigenvalue weighted by atomic mass is 32.1. The quantitative estimate of drug-likeness (QED) is 0.800. The van der Waals surface area contributed by atoms with Gasteiger partial charge in [-0.1, -0.05) is 17.4 Å². The molecule has 3 aromatic rings. The molecule has 0 aliphatic heterocycles. The summed E-state index contributed by atoms with van der Waals surface area (Å²) in [7, 11) is 1.83. The van der Waals surface area contributed by atoms with Crippen molar-refractivity contribution in [2.75, 3.05) is 12.8 Å². The van der Waals surface area contributed by atoms with Gasteiger partial charge in [0.1, 0.15) is 0 Å². The Morgan fingerprint density at radius 3 is 2.90 bits per heavy atom. The number of nitrogen functional groups attached to an aromatic ring is 1. The van der Waals surface area contributed by atoms with Crippen LogP contribution in [0.2, 0.25) is 0 Å². The maximum Gasteiger partial charge on any atom is 0.254 e. The number of thiazole rings is 1. The van der Waals surface area contributed by atoms with Gasteiger partial charge in [0.05, 0.1) is 16.3 Å². The van der Waals surface area contributed by atoms with Crippen LogP contribution in [0.5, 0.6) is 0 Å². The molecule has 6 heteroatoms. The summed E-state index contributed by atoms with van der Waals surface area (Å²) in [5.41, 5.74) is 7.12. The van der Waals surface area contributed by atoms with Gasteiger partial charge < -0.3 is 10.6 Å². The van der Waals surface area contributed by atoms with E-state index in [1.807, 2.05) is 49.7 Å². The Labute approximate surface area is 130 Å². The van der Waals surface area contributed by atoms with E-state index < -0.39 is 0 Å². The predicted octanol–water partition coefficient (Wildman–Crippen LogP) is 3.77. The molecule has 1 aromatic carbocycles. The smallest absolute Gasteiger partial charge is 0.254 e. The molecule has 108 valence electrons. The standard InChI is InChI=1S/C15H15N3OS2/c1-9(12-4-3-7-20-12)18(2)14(19)10-5-6-13-11(8-10)17-15(16)21-13/h3-9H,1-2H3,(H2,16,17). The van der Waals surface area contributed by atoms with Crippen molar-refractivity contribution in [2.24, 2.45) is 0 Å². The molecule has 2 aromatic heterocycles. The maximum absolute atomic E-state index is 12.6. The summed E-state index contributed by atoms with van der Waals surface area (Å²) in [6.07, 6.45) is 0. The fourth-order valence-electron chi connectivity index (χ4n) is 2.18. The molecule has 0 saturated carbocycles. The zero-order valence-corrected chi connectivity index (χ0v) is 13.4. The lowest BCUT2D eigenvalue weighted by Gasteiger charge is -2.24. The molecule has 0 fully saturated rings. The van der Waals surface area contributed by atoms with Gasteiger partial charge in [0.2, 0.25) is 0 Å². The molecule has 0 aliphatic carbocycles. The first-order chi connectivity index (χ1) is 10.1. The number of amides is 1. The second-order valence-electron chi connectivity index (χ2n) is 4.84. The first kappa shape index (κ1) is 14.0. The van der Waals surface area contributed by atoms with E-state index in [4.69, 9.17) is 5.73 Å². The van der Waals surface area contributed by atoms with Crippen molar-refractivity contribution in [2.45, 2.75) is 13.0 Å². The largest absolute Gasteiger partial charge is 0.375 e. The molecular weight excluding hydrogens is 302 g/mol. The van der Waals surface area contributed by atoms with Crippen molar-refractivity contribution >= 4 is 43.9 Å². The summed E-state index contributed by atoms with van der Waals surface area (Å²) in [6, 6.07) is 9.64. The van der Waals surface area contributed by atoms with Gasteiger partial charge in [-0.15, -0.1) is 11.3 Å². The molecule has 0 aliphatic rings. The number of hydrogen-bond acceptors (Lipinski definition) is 5. The highest BCUT2D eigenvalue weighted by Crippen LogP contribution is 2.27. The summed E-state index contributed by atoms with van der Waals surface area (Å²) >= 11 is 3.09. The number of carbonyl (C=O) groups is 1. The van der Waals surface area contributed by atoms with E-state index in [9.17, 15) is 4.79 Å². The van der Waals surface area contributed by atoms with Crippen molar-refractivity contribution in [3.63, 3.8) is 0 Å². The van der Waals surface area contributed by atoms with Crippen LogP contribution in [0.1, 0.15) is 28.2 Å². The van der Waals surface area contributed by atoms with Crippen LogP contribution >= 0.6 is 22.7 Å². The van der Waals surface area contributed by atoms with E-state index >= 15 is 0 Å². The Kier molecular flexibility index (Phi) is 3.65. The maximum atomic E-state index is 12.6. The number of carbonyl (C=O) groups excluding carboxylic acids is 1. The molecule has 0 bridgehead atoms. The Balaban J connectivity index is 1.88. The van der Waals surface area contributed by atoms with Gasteiger partial charge in [-0.25, -0.2) is 4.98 Å². The number of anilines is 1. The van der Waals surface area contributed by atoms with Crippen molar-refractivity contribution in [3.05, 3.63) is 46.2 Å². The van der Waals surface area contributed by atoms with E-state index in [0.29, 0.717) is 10.7 Å². The molecule has 0 radical (unpaired) electrons. The molecular formula is C15H15N3OS2. The van der Waals surface area contributed by atoms with Crippen LogP contribution in [0.4, 0.5) is 5.13 Å². The second kappa shape index (κ2) is 5.46. The van der Waals surface area contributed by atoms with E-state index in [-0.39, 0.29) is 11.9 Å². The predicted molar refractivity (Wildman–Crippen MR) is 88.9 cm³/mol. The molecule has 1 unspecified atom stereocenters. The highest BCUT2D eigenvalue weighted by Gasteiger charge is 2.20. The number of nitrogens with two attached hydrogens (primary N) is 1. The summed E-state index contributed by atoms with van der Waals surface area (Å²) in [5, 5.41) is 2.55. The van der Waals surface area contributed by atoms with Gasteiger partial charge in [-0.3, -0.25) is 4.79 Å². The van der Waals surface area contributed by atoms with Gasteiger partial charge in [-0.05, 0) is 36.6 Å². The van der Waals surface area contributed by atoms with E-state index in [2.05, 4.69) is 4.98 Å². The highest BCUT2D eigenvalue weighted by molar-refractivity contribution is 7.22. The first-order valence-corrected chi connectivity index (χ1v) is 8.22. The zero-order chi connectivity index (χ0) is 15.0. The van der Waals surface area contributed by atoms with Crippen LogP contribution in [-0.4, -0.2) is 22.8 Å². The van der Waals surface area contributed by atoms with E-state index in [1.54, 1.807) is 16.2 Å². The molecule has 4 nitrogen and oxygen atoms in total. The van der Waals surface area contributed by atoms with Crippen molar-refractivity contribution in [1.82, 2.24) is 9.88 Å². The lowest BCUT2D eigenvalue weighted by molar-refractivity contribution is 0.0745. The fraction of sp³-hybridized carbons (Fsp3) is 0.200. The topological polar surface area (TPSA) is 59.2 Å². The van der Waals surface area contributed by atoms with Gasteiger partial charge in [-0.2, -0.15) is 0 Å².